The Morgan fingerprint density at radius 3 is 2.59 bits per heavy atom. The topological polar surface area (TPSA) is 60.2 Å². The second-order valence-corrected chi connectivity index (χ2v) is 12.7. The number of ether oxygens (including phenoxy) is 1. The molecule has 1 aliphatic heterocycles. The van der Waals surface area contributed by atoms with Gasteiger partial charge in [-0.3, -0.25) is 0 Å². The molecule has 2 rings (SSSR count). The molecule has 0 spiro atoms. The summed E-state index contributed by atoms with van der Waals surface area (Å²) in [4.78, 5) is 12.3. The van der Waals surface area contributed by atoms with Gasteiger partial charge in [0, 0.05) is 12.3 Å². The average molecular weight is 324 g/mol. The van der Waals surface area contributed by atoms with E-state index in [9.17, 15) is 4.79 Å². The molecule has 1 fully saturated rings. The molecular weight excluding hydrogens is 296 g/mol. The lowest BCUT2D eigenvalue weighted by Gasteiger charge is -2.44. The number of carbonyl (C=O) groups excluding carboxylic acids is 1. The molecule has 124 valence electrons. The maximum atomic E-state index is 12.3. The van der Waals surface area contributed by atoms with E-state index in [0.29, 0.717) is 13.0 Å². The summed E-state index contributed by atoms with van der Waals surface area (Å²) in [5.41, 5.74) is 0.185. The van der Waals surface area contributed by atoms with Crippen LogP contribution in [0.25, 0.3) is 0 Å². The minimum Gasteiger partial charge on any atom is -0.467 e. The third kappa shape index (κ3) is 2.78. The van der Waals surface area contributed by atoms with Crippen LogP contribution >= 0.6 is 0 Å². The summed E-state index contributed by atoms with van der Waals surface area (Å²) in [7, 11) is -0.529. The summed E-state index contributed by atoms with van der Waals surface area (Å²) in [6.45, 7) is 15.8. The van der Waals surface area contributed by atoms with E-state index in [1.165, 1.54) is 7.11 Å². The first-order valence-electron chi connectivity index (χ1n) is 7.86. The van der Waals surface area contributed by atoms with Gasteiger partial charge in [-0.1, -0.05) is 27.4 Å². The van der Waals surface area contributed by atoms with Gasteiger partial charge in [-0.25, -0.2) is 4.79 Å². The number of hydrogen-bond acceptors (Lipinski definition) is 5. The molecule has 5 nitrogen and oxygen atoms in total. The van der Waals surface area contributed by atoms with Crippen molar-refractivity contribution < 1.29 is 14.0 Å². The monoisotopic (exact) mass is 324 g/mol. The Hall–Kier alpha value is -1.01. The van der Waals surface area contributed by atoms with Crippen LogP contribution in [0.15, 0.2) is 22.4 Å². The molecule has 1 saturated carbocycles. The number of rotatable bonds is 3. The zero-order valence-electron chi connectivity index (χ0n) is 14.6. The predicted molar refractivity (Wildman–Crippen MR) is 88.4 cm³/mol. The molecule has 3 atom stereocenters. The summed E-state index contributed by atoms with van der Waals surface area (Å²) >= 11 is 0. The van der Waals surface area contributed by atoms with Gasteiger partial charge in [-0.2, -0.15) is 10.2 Å². The minimum absolute atomic E-state index is 0.0618. The van der Waals surface area contributed by atoms with Crippen molar-refractivity contribution in [2.24, 2.45) is 16.1 Å². The summed E-state index contributed by atoms with van der Waals surface area (Å²) in [6, 6.07) is 0. The van der Waals surface area contributed by atoms with E-state index < -0.39 is 13.9 Å². The zero-order valence-corrected chi connectivity index (χ0v) is 15.6. The first-order valence-corrected chi connectivity index (χ1v) is 10.8. The Balaban J connectivity index is 2.25. The van der Waals surface area contributed by atoms with Crippen molar-refractivity contribution in [3.8, 4) is 0 Å². The van der Waals surface area contributed by atoms with Crippen LogP contribution in [-0.4, -0.2) is 39.6 Å². The van der Waals surface area contributed by atoms with Gasteiger partial charge in [0.1, 0.15) is 0 Å². The lowest BCUT2D eigenvalue weighted by atomic mass is 9.71. The highest BCUT2D eigenvalue weighted by Crippen LogP contribution is 2.47. The van der Waals surface area contributed by atoms with Gasteiger partial charge in [0.05, 0.1) is 19.8 Å². The Morgan fingerprint density at radius 2 is 2.05 bits per heavy atom. The fraction of sp³-hybridized carbons (Fsp3) is 0.812. The molecule has 0 amide bonds. The molecule has 0 N–H and O–H groups in total. The minimum atomic E-state index is -1.94. The molecule has 1 heterocycles. The van der Waals surface area contributed by atoms with Crippen molar-refractivity contribution in [3.63, 3.8) is 0 Å². The number of nitrogens with zero attached hydrogens (tertiary/aromatic N) is 2. The average Bonchev–Trinajstić information content (AvgIpc) is 2.80. The molecule has 1 unspecified atom stereocenters. The summed E-state index contributed by atoms with van der Waals surface area (Å²) < 4.78 is 11.5. The van der Waals surface area contributed by atoms with Gasteiger partial charge in [0.2, 0.25) is 0 Å². The molecule has 6 heteroatoms. The fourth-order valence-corrected chi connectivity index (χ4v) is 4.25. The molecular formula is C16H28N2O3Si. The van der Waals surface area contributed by atoms with Crippen molar-refractivity contribution in [2.45, 2.75) is 63.4 Å². The van der Waals surface area contributed by atoms with Crippen molar-refractivity contribution in [1.29, 1.82) is 0 Å². The van der Waals surface area contributed by atoms with Crippen LogP contribution in [0.1, 0.15) is 33.6 Å². The smallest absolute Gasteiger partial charge is 0.336 e. The molecule has 1 aliphatic carbocycles. The number of carbonyl (C=O) groups is 1. The zero-order chi connectivity index (χ0) is 16.8. The third-order valence-corrected chi connectivity index (χ3v) is 9.96. The maximum absolute atomic E-state index is 12.3. The normalized spacial score (nSPS) is 32.0. The molecule has 0 aromatic carbocycles. The summed E-state index contributed by atoms with van der Waals surface area (Å²) in [6.07, 6.45) is 1.08. The molecule has 0 aromatic heterocycles. The van der Waals surface area contributed by atoms with Crippen LogP contribution in [0.4, 0.5) is 0 Å². The van der Waals surface area contributed by atoms with E-state index in [0.717, 1.165) is 12.0 Å². The number of hydrogen-bond donors (Lipinski definition) is 0. The summed E-state index contributed by atoms with van der Waals surface area (Å²) in [5.74, 6) is -0.234. The van der Waals surface area contributed by atoms with Crippen molar-refractivity contribution >= 4 is 14.3 Å². The largest absolute Gasteiger partial charge is 0.467 e. The van der Waals surface area contributed by atoms with Gasteiger partial charge in [0.25, 0.3) is 0 Å². The first kappa shape index (κ1) is 17.3. The van der Waals surface area contributed by atoms with E-state index in [-0.39, 0.29) is 23.0 Å². The Morgan fingerprint density at radius 1 is 1.41 bits per heavy atom. The van der Waals surface area contributed by atoms with E-state index in [2.05, 4.69) is 50.7 Å². The quantitative estimate of drug-likeness (QED) is 0.451. The lowest BCUT2D eigenvalue weighted by Crippen LogP contribution is -2.53. The Labute approximate surface area is 134 Å². The van der Waals surface area contributed by atoms with Crippen LogP contribution in [-0.2, 0) is 14.0 Å². The van der Waals surface area contributed by atoms with Gasteiger partial charge in [-0.15, -0.1) is 0 Å². The van der Waals surface area contributed by atoms with Crippen molar-refractivity contribution in [2.75, 3.05) is 13.7 Å². The van der Waals surface area contributed by atoms with E-state index in [4.69, 9.17) is 9.16 Å². The highest BCUT2D eigenvalue weighted by atomic mass is 28.4. The molecule has 0 radical (unpaired) electrons. The van der Waals surface area contributed by atoms with E-state index in [1.807, 2.05) is 0 Å². The fourth-order valence-electron chi connectivity index (χ4n) is 2.94. The third-order valence-electron chi connectivity index (χ3n) is 5.47. The van der Waals surface area contributed by atoms with Crippen LogP contribution in [0.2, 0.25) is 18.1 Å². The van der Waals surface area contributed by atoms with Crippen LogP contribution < -0.4 is 0 Å². The maximum Gasteiger partial charge on any atom is 0.336 e. The van der Waals surface area contributed by atoms with Gasteiger partial charge >= 0.3 is 5.97 Å². The van der Waals surface area contributed by atoms with Gasteiger partial charge < -0.3 is 9.16 Å². The second-order valence-electron chi connectivity index (χ2n) is 7.97. The molecule has 2 aliphatic rings. The molecule has 0 bridgehead atoms. The van der Waals surface area contributed by atoms with E-state index in [1.54, 1.807) is 0 Å². The van der Waals surface area contributed by atoms with Crippen LogP contribution in [0.3, 0.4) is 0 Å². The van der Waals surface area contributed by atoms with E-state index >= 15 is 0 Å². The SMILES string of the molecule is C=C1C[C@@H]2CN=N[C@]2(C(=O)OC)CC1O[Si](C)(C)C(C)(C)C. The highest BCUT2D eigenvalue weighted by Gasteiger charge is 2.56. The Bertz CT molecular complexity index is 510. The highest BCUT2D eigenvalue weighted by molar-refractivity contribution is 6.74. The van der Waals surface area contributed by atoms with Crippen molar-refractivity contribution in [1.82, 2.24) is 0 Å². The second kappa shape index (κ2) is 5.56. The van der Waals surface area contributed by atoms with Crippen LogP contribution in [0, 0.1) is 5.92 Å². The van der Waals surface area contributed by atoms with Gasteiger partial charge in [0.15, 0.2) is 13.9 Å². The number of esters is 1. The number of fused-ring (bicyclic) bond motifs is 1. The summed E-state index contributed by atoms with van der Waals surface area (Å²) in [5, 5.41) is 8.51. The van der Waals surface area contributed by atoms with Gasteiger partial charge in [-0.05, 0) is 30.1 Å². The van der Waals surface area contributed by atoms with Crippen LogP contribution in [0.5, 0.6) is 0 Å². The Kier molecular flexibility index (Phi) is 4.39. The molecule has 22 heavy (non-hydrogen) atoms. The predicted octanol–water partition coefficient (Wildman–Crippen LogP) is 3.72. The number of methoxy groups -OCH3 is 1. The first-order chi connectivity index (χ1) is 10.0. The number of azo groups is 1. The van der Waals surface area contributed by atoms with Crippen molar-refractivity contribution in [3.05, 3.63) is 12.2 Å². The standard InChI is InChI=1S/C16H28N2O3Si/c1-11-8-12-10-17-18-16(12,14(19)20-5)9-13(11)21-22(6,7)15(2,3)4/h12-13H,1,8-10H2,2-7H3/t12-,13?,16-/m1/s1. The molecule has 0 aromatic rings. The lowest BCUT2D eigenvalue weighted by molar-refractivity contribution is -0.150. The molecule has 0 saturated heterocycles.